The molecule has 1 aromatic carbocycles. The quantitative estimate of drug-likeness (QED) is 0.657. The topological polar surface area (TPSA) is 66.5 Å². The zero-order valence-electron chi connectivity index (χ0n) is 14.3. The Kier molecular flexibility index (Phi) is 3.35. The van der Waals surface area contributed by atoms with Gasteiger partial charge in [0.1, 0.15) is 6.04 Å². The number of allylic oxidation sites excluding steroid dienone is 2. The van der Waals surface area contributed by atoms with E-state index < -0.39 is 6.04 Å². The third-order valence-electron chi connectivity index (χ3n) is 6.58. The van der Waals surface area contributed by atoms with Crippen molar-refractivity contribution < 1.29 is 14.4 Å². The second-order valence-corrected chi connectivity index (χ2v) is 8.31. The molecule has 1 N–H and O–H groups in total. The molecule has 1 saturated heterocycles. The van der Waals surface area contributed by atoms with Crippen LogP contribution >= 0.6 is 11.6 Å². The summed E-state index contributed by atoms with van der Waals surface area (Å²) in [5.41, 5.74) is 0.589. The molecule has 6 heteroatoms. The van der Waals surface area contributed by atoms with Gasteiger partial charge in [-0.05, 0) is 61.3 Å². The van der Waals surface area contributed by atoms with Gasteiger partial charge >= 0.3 is 0 Å². The summed E-state index contributed by atoms with van der Waals surface area (Å²) >= 11 is 5.85. The highest BCUT2D eigenvalue weighted by Gasteiger charge is 2.67. The third kappa shape index (κ3) is 2.13. The minimum Gasteiger partial charge on any atom is -0.324 e. The molecule has 1 aromatic rings. The lowest BCUT2D eigenvalue weighted by atomic mass is 9.63. The summed E-state index contributed by atoms with van der Waals surface area (Å²) in [5.74, 6) is 0.192. The second kappa shape index (κ2) is 5.43. The van der Waals surface area contributed by atoms with Gasteiger partial charge in [0.15, 0.2) is 0 Å². The van der Waals surface area contributed by atoms with Gasteiger partial charge in [-0.1, -0.05) is 23.8 Å². The van der Waals surface area contributed by atoms with E-state index in [0.29, 0.717) is 22.5 Å². The first kappa shape index (κ1) is 16.1. The first-order chi connectivity index (χ1) is 12.5. The monoisotopic (exact) mass is 370 g/mol. The molecule has 0 spiro atoms. The fraction of sp³-hybridized carbons (Fsp3) is 0.450. The summed E-state index contributed by atoms with van der Waals surface area (Å²) in [6.45, 7) is 1.62. The molecular formula is C20H19ClN2O3. The predicted octanol–water partition coefficient (Wildman–Crippen LogP) is 2.72. The highest BCUT2D eigenvalue weighted by Crippen LogP contribution is 2.65. The van der Waals surface area contributed by atoms with E-state index in [0.717, 1.165) is 6.42 Å². The predicted molar refractivity (Wildman–Crippen MR) is 96.1 cm³/mol. The molecule has 3 amide bonds. The number of halogens is 1. The van der Waals surface area contributed by atoms with Gasteiger partial charge in [-0.2, -0.15) is 0 Å². The van der Waals surface area contributed by atoms with Crippen molar-refractivity contribution in [3.8, 4) is 0 Å². The Morgan fingerprint density at radius 3 is 2.15 bits per heavy atom. The standard InChI is InChI=1S/C20H19ClN2O3/c1-9(18(24)22-11-4-2-10(21)3-5-11)23-19(25)16-12-6-7-13(15-8-14(12)15)17(16)20(23)26/h2-7,9,12-17H,8H2,1H3,(H,22,24)/t9-,12-,13-,14-,15-,16+,17+/m1/s1. The molecule has 5 nitrogen and oxygen atoms in total. The number of nitrogens with one attached hydrogen (secondary N) is 1. The van der Waals surface area contributed by atoms with Crippen LogP contribution in [0.2, 0.25) is 5.02 Å². The molecule has 2 saturated carbocycles. The van der Waals surface area contributed by atoms with E-state index in [4.69, 9.17) is 11.6 Å². The molecule has 7 atom stereocenters. The zero-order chi connectivity index (χ0) is 18.2. The Bertz CT molecular complexity index is 813. The second-order valence-electron chi connectivity index (χ2n) is 7.87. The van der Waals surface area contributed by atoms with E-state index >= 15 is 0 Å². The van der Waals surface area contributed by atoms with Crippen molar-refractivity contribution in [2.24, 2.45) is 35.5 Å². The van der Waals surface area contributed by atoms with E-state index in [1.54, 1.807) is 31.2 Å². The summed E-state index contributed by atoms with van der Waals surface area (Å²) in [6.07, 6.45) is 5.39. The smallest absolute Gasteiger partial charge is 0.247 e. The summed E-state index contributed by atoms with van der Waals surface area (Å²) in [4.78, 5) is 39.9. The van der Waals surface area contributed by atoms with Crippen LogP contribution in [0.25, 0.3) is 0 Å². The van der Waals surface area contributed by atoms with Gasteiger partial charge in [-0.25, -0.2) is 0 Å². The van der Waals surface area contributed by atoms with Gasteiger partial charge in [-0.15, -0.1) is 0 Å². The maximum Gasteiger partial charge on any atom is 0.247 e. The third-order valence-corrected chi connectivity index (χ3v) is 6.83. The fourth-order valence-corrected chi connectivity index (χ4v) is 5.38. The van der Waals surface area contributed by atoms with Crippen molar-refractivity contribution >= 4 is 35.0 Å². The van der Waals surface area contributed by atoms with E-state index in [9.17, 15) is 14.4 Å². The van der Waals surface area contributed by atoms with E-state index in [-0.39, 0.29) is 41.4 Å². The number of hydrogen-bond donors (Lipinski definition) is 1. The summed E-state index contributed by atoms with van der Waals surface area (Å²) in [6, 6.07) is 5.92. The molecule has 0 unspecified atom stereocenters. The van der Waals surface area contributed by atoms with Crippen LogP contribution in [0.1, 0.15) is 13.3 Å². The summed E-state index contributed by atoms with van der Waals surface area (Å²) in [5, 5.41) is 3.34. The number of benzene rings is 1. The number of anilines is 1. The number of likely N-dealkylation sites (tertiary alicyclic amines) is 1. The van der Waals surface area contributed by atoms with E-state index in [1.165, 1.54) is 4.90 Å². The molecule has 1 heterocycles. The van der Waals surface area contributed by atoms with Gasteiger partial charge in [0.2, 0.25) is 17.7 Å². The Labute approximate surface area is 156 Å². The lowest BCUT2D eigenvalue weighted by Gasteiger charge is -2.37. The molecule has 3 fully saturated rings. The van der Waals surface area contributed by atoms with E-state index in [1.807, 2.05) is 0 Å². The van der Waals surface area contributed by atoms with Crippen molar-refractivity contribution in [2.75, 3.05) is 5.32 Å². The molecular weight excluding hydrogens is 352 g/mol. The lowest BCUT2D eigenvalue weighted by Crippen LogP contribution is -2.46. The van der Waals surface area contributed by atoms with Crippen LogP contribution in [-0.2, 0) is 14.4 Å². The van der Waals surface area contributed by atoms with Crippen LogP contribution < -0.4 is 5.32 Å². The normalized spacial score (nSPS) is 37.4. The molecule has 134 valence electrons. The first-order valence-electron chi connectivity index (χ1n) is 9.09. The molecule has 4 aliphatic carbocycles. The van der Waals surface area contributed by atoms with Gasteiger partial charge in [-0.3, -0.25) is 19.3 Å². The molecule has 5 aliphatic rings. The Hall–Kier alpha value is -2.14. The van der Waals surface area contributed by atoms with Crippen molar-refractivity contribution in [2.45, 2.75) is 19.4 Å². The fourth-order valence-electron chi connectivity index (χ4n) is 5.26. The number of imide groups is 1. The van der Waals surface area contributed by atoms with Crippen molar-refractivity contribution in [1.29, 1.82) is 0 Å². The average Bonchev–Trinajstić information content (AvgIpc) is 3.41. The molecule has 0 aromatic heterocycles. The first-order valence-corrected chi connectivity index (χ1v) is 9.47. The van der Waals surface area contributed by atoms with Crippen LogP contribution in [0, 0.1) is 35.5 Å². The Morgan fingerprint density at radius 2 is 1.62 bits per heavy atom. The summed E-state index contributed by atoms with van der Waals surface area (Å²) < 4.78 is 0. The van der Waals surface area contributed by atoms with Gasteiger partial charge in [0.05, 0.1) is 11.8 Å². The van der Waals surface area contributed by atoms with Crippen LogP contribution in [0.3, 0.4) is 0 Å². The molecule has 26 heavy (non-hydrogen) atoms. The zero-order valence-corrected chi connectivity index (χ0v) is 15.0. The number of hydrogen-bond acceptors (Lipinski definition) is 3. The lowest BCUT2D eigenvalue weighted by molar-refractivity contribution is -0.146. The van der Waals surface area contributed by atoms with Crippen LogP contribution in [-0.4, -0.2) is 28.7 Å². The van der Waals surface area contributed by atoms with Crippen molar-refractivity contribution in [3.05, 3.63) is 41.4 Å². The molecule has 1 aliphatic heterocycles. The Balaban J connectivity index is 1.37. The van der Waals surface area contributed by atoms with Crippen molar-refractivity contribution in [1.82, 2.24) is 4.90 Å². The summed E-state index contributed by atoms with van der Waals surface area (Å²) in [7, 11) is 0. The Morgan fingerprint density at radius 1 is 1.08 bits per heavy atom. The SMILES string of the molecule is C[C@H](C(=O)Nc1ccc(Cl)cc1)N1C(=O)[C@H]2[C@@H]3C=C[C@H]([C@H]4C[C@H]34)[C@@H]2C1=O. The number of amides is 3. The maximum absolute atomic E-state index is 13.0. The van der Waals surface area contributed by atoms with Crippen LogP contribution in [0.5, 0.6) is 0 Å². The highest BCUT2D eigenvalue weighted by molar-refractivity contribution is 6.30. The number of nitrogens with zero attached hydrogens (tertiary/aromatic N) is 1. The number of carbonyl (C=O) groups excluding carboxylic acids is 3. The maximum atomic E-state index is 13.0. The van der Waals surface area contributed by atoms with Gasteiger partial charge < -0.3 is 5.32 Å². The highest BCUT2D eigenvalue weighted by atomic mass is 35.5. The van der Waals surface area contributed by atoms with Gasteiger partial charge in [0.25, 0.3) is 0 Å². The minimum absolute atomic E-state index is 0.169. The molecule has 6 rings (SSSR count). The molecule has 0 radical (unpaired) electrons. The molecule has 2 bridgehead atoms. The van der Waals surface area contributed by atoms with E-state index in [2.05, 4.69) is 17.5 Å². The number of rotatable bonds is 3. The minimum atomic E-state index is -0.827. The van der Waals surface area contributed by atoms with Crippen LogP contribution in [0.15, 0.2) is 36.4 Å². The number of carbonyl (C=O) groups is 3. The van der Waals surface area contributed by atoms with Crippen molar-refractivity contribution in [3.63, 3.8) is 0 Å². The largest absolute Gasteiger partial charge is 0.324 e. The van der Waals surface area contributed by atoms with Crippen LogP contribution in [0.4, 0.5) is 5.69 Å². The van der Waals surface area contributed by atoms with Gasteiger partial charge in [0, 0.05) is 10.7 Å². The average molecular weight is 371 g/mol.